The second-order valence-electron chi connectivity index (χ2n) is 6.16. The minimum atomic E-state index is -3.52. The van der Waals surface area contributed by atoms with E-state index in [1.165, 1.54) is 50.1 Å². The van der Waals surface area contributed by atoms with Crippen LogP contribution in [-0.4, -0.2) is 43.9 Å². The number of fused-ring (bicyclic) bond motifs is 1. The molecule has 0 aliphatic carbocycles. The van der Waals surface area contributed by atoms with Gasteiger partial charge in [0, 0.05) is 31.1 Å². The highest BCUT2D eigenvalue weighted by molar-refractivity contribution is 8.01. The molecule has 0 radical (unpaired) electrons. The highest BCUT2D eigenvalue weighted by Gasteiger charge is 2.28. The van der Waals surface area contributed by atoms with E-state index in [9.17, 15) is 18.0 Å². The normalized spacial score (nSPS) is 16.6. The summed E-state index contributed by atoms with van der Waals surface area (Å²) in [7, 11) is -0.607. The van der Waals surface area contributed by atoms with Gasteiger partial charge in [0.2, 0.25) is 21.8 Å². The quantitative estimate of drug-likeness (QED) is 0.796. The Balaban J connectivity index is 1.64. The molecule has 2 N–H and O–H groups in total. The molecule has 2 aromatic rings. The summed E-state index contributed by atoms with van der Waals surface area (Å²) in [6.07, 6.45) is 0.0165. The molecule has 9 heteroatoms. The van der Waals surface area contributed by atoms with Gasteiger partial charge in [-0.25, -0.2) is 12.7 Å². The number of hydrogen-bond acceptors (Lipinski definition) is 5. The van der Waals surface area contributed by atoms with E-state index in [0.29, 0.717) is 5.69 Å². The monoisotopic (exact) mass is 405 g/mol. The number of carbonyl (C=O) groups is 2. The van der Waals surface area contributed by atoms with Gasteiger partial charge < -0.3 is 10.6 Å². The number of hydrogen-bond donors (Lipinski definition) is 2. The molecule has 0 aromatic heterocycles. The summed E-state index contributed by atoms with van der Waals surface area (Å²) in [6, 6.07) is 13.4. The average molecular weight is 406 g/mol. The Morgan fingerprint density at radius 2 is 1.81 bits per heavy atom. The number of para-hydroxylation sites is 1. The van der Waals surface area contributed by atoms with E-state index in [1.807, 2.05) is 24.3 Å². The molecule has 0 spiro atoms. The second-order valence-corrected chi connectivity index (χ2v) is 9.55. The number of nitrogens with zero attached hydrogens (tertiary/aromatic N) is 1. The highest BCUT2D eigenvalue weighted by Crippen LogP contribution is 2.36. The van der Waals surface area contributed by atoms with Gasteiger partial charge >= 0.3 is 0 Å². The molecule has 3 rings (SSSR count). The molecule has 1 atom stereocenters. The molecule has 142 valence electrons. The van der Waals surface area contributed by atoms with Gasteiger partial charge in [-0.15, -0.1) is 11.8 Å². The van der Waals surface area contributed by atoms with Gasteiger partial charge in [-0.2, -0.15) is 0 Å². The maximum atomic E-state index is 12.3. The highest BCUT2D eigenvalue weighted by atomic mass is 32.2. The number of carbonyl (C=O) groups excluding carboxylic acids is 2. The molecular formula is C18H19N3O4S2. The molecule has 0 saturated carbocycles. The van der Waals surface area contributed by atoms with Crippen LogP contribution in [0.3, 0.4) is 0 Å². The Morgan fingerprint density at radius 1 is 1.15 bits per heavy atom. The molecule has 2 amide bonds. The number of anilines is 2. The lowest BCUT2D eigenvalue weighted by molar-refractivity contribution is -0.120. The predicted octanol–water partition coefficient (Wildman–Crippen LogP) is 2.38. The van der Waals surface area contributed by atoms with E-state index in [1.54, 1.807) is 0 Å². The maximum Gasteiger partial charge on any atom is 0.242 e. The zero-order valence-electron chi connectivity index (χ0n) is 14.8. The summed E-state index contributed by atoms with van der Waals surface area (Å²) in [5, 5.41) is 4.98. The third kappa shape index (κ3) is 4.32. The summed E-state index contributed by atoms with van der Waals surface area (Å²) in [5.74, 6) is -0.522. The van der Waals surface area contributed by atoms with E-state index in [-0.39, 0.29) is 23.1 Å². The van der Waals surface area contributed by atoms with E-state index in [0.717, 1.165) is 14.9 Å². The number of rotatable bonds is 5. The summed E-state index contributed by atoms with van der Waals surface area (Å²) >= 11 is 1.36. The Morgan fingerprint density at radius 3 is 2.48 bits per heavy atom. The summed E-state index contributed by atoms with van der Waals surface area (Å²) < 4.78 is 25.2. The molecule has 0 fully saturated rings. The maximum absolute atomic E-state index is 12.3. The smallest absolute Gasteiger partial charge is 0.242 e. The van der Waals surface area contributed by atoms with Crippen LogP contribution in [0.5, 0.6) is 0 Å². The van der Waals surface area contributed by atoms with Crippen LogP contribution in [0.4, 0.5) is 11.4 Å². The first-order valence-electron chi connectivity index (χ1n) is 8.16. The van der Waals surface area contributed by atoms with Crippen LogP contribution in [0, 0.1) is 0 Å². The number of thioether (sulfide) groups is 1. The number of amides is 2. The Hall–Kier alpha value is -2.36. The predicted molar refractivity (Wildman–Crippen MR) is 105 cm³/mol. The van der Waals surface area contributed by atoms with E-state index >= 15 is 0 Å². The van der Waals surface area contributed by atoms with Gasteiger partial charge in [-0.3, -0.25) is 9.59 Å². The molecule has 7 nitrogen and oxygen atoms in total. The van der Waals surface area contributed by atoms with Gasteiger partial charge in [-0.1, -0.05) is 12.1 Å². The Bertz CT molecular complexity index is 972. The topological polar surface area (TPSA) is 95.6 Å². The fourth-order valence-electron chi connectivity index (χ4n) is 2.53. The molecule has 27 heavy (non-hydrogen) atoms. The molecule has 0 bridgehead atoms. The Kier molecular flexibility index (Phi) is 5.54. The van der Waals surface area contributed by atoms with Crippen molar-refractivity contribution in [2.45, 2.75) is 21.5 Å². The molecular weight excluding hydrogens is 386 g/mol. The van der Waals surface area contributed by atoms with Crippen molar-refractivity contribution >= 4 is 45.0 Å². The van der Waals surface area contributed by atoms with Gasteiger partial charge in [0.05, 0.1) is 15.8 Å². The first-order valence-corrected chi connectivity index (χ1v) is 10.5. The minimum absolute atomic E-state index is 0.0165. The molecule has 0 saturated heterocycles. The summed E-state index contributed by atoms with van der Waals surface area (Å²) in [6.45, 7) is 0. The van der Waals surface area contributed by atoms with Crippen LogP contribution in [0.25, 0.3) is 0 Å². The van der Waals surface area contributed by atoms with Crippen molar-refractivity contribution in [3.8, 4) is 0 Å². The van der Waals surface area contributed by atoms with E-state index in [2.05, 4.69) is 10.6 Å². The summed E-state index contributed by atoms with van der Waals surface area (Å²) in [4.78, 5) is 25.5. The SMILES string of the molecule is CN(C)S(=O)(=O)c1ccc(NC(=O)C[C@H]2Sc3ccccc3NC2=O)cc1. The van der Waals surface area contributed by atoms with Crippen LogP contribution < -0.4 is 10.6 Å². The fourth-order valence-corrected chi connectivity index (χ4v) is 4.54. The standard InChI is InChI=1S/C18H19N3O4S2/c1-21(2)27(24,25)13-9-7-12(8-10-13)19-17(22)11-16-18(23)20-14-5-3-4-6-15(14)26-16/h3-10,16H,11H2,1-2H3,(H,19,22)(H,20,23)/t16-/m1/s1. The largest absolute Gasteiger partial charge is 0.326 e. The van der Waals surface area contributed by atoms with E-state index < -0.39 is 15.3 Å². The Labute approximate surface area is 162 Å². The van der Waals surface area contributed by atoms with E-state index in [4.69, 9.17) is 0 Å². The second kappa shape index (κ2) is 7.71. The van der Waals surface area contributed by atoms with Crippen LogP contribution in [-0.2, 0) is 19.6 Å². The van der Waals surface area contributed by atoms with Crippen LogP contribution >= 0.6 is 11.8 Å². The van der Waals surface area contributed by atoms with Crippen molar-refractivity contribution < 1.29 is 18.0 Å². The molecule has 1 aliphatic heterocycles. The zero-order chi connectivity index (χ0) is 19.6. The fraction of sp³-hybridized carbons (Fsp3) is 0.222. The minimum Gasteiger partial charge on any atom is -0.326 e. The first-order chi connectivity index (χ1) is 12.8. The third-order valence-corrected chi connectivity index (χ3v) is 7.10. The molecule has 2 aromatic carbocycles. The lowest BCUT2D eigenvalue weighted by Crippen LogP contribution is -2.32. The molecule has 1 aliphatic rings. The summed E-state index contributed by atoms with van der Waals surface area (Å²) in [5.41, 5.74) is 1.22. The van der Waals surface area contributed by atoms with Crippen molar-refractivity contribution in [2.75, 3.05) is 24.7 Å². The van der Waals surface area contributed by atoms with Crippen molar-refractivity contribution in [1.29, 1.82) is 0 Å². The van der Waals surface area contributed by atoms with Crippen LogP contribution in [0.15, 0.2) is 58.3 Å². The van der Waals surface area contributed by atoms with Crippen LogP contribution in [0.1, 0.15) is 6.42 Å². The molecule has 1 heterocycles. The zero-order valence-corrected chi connectivity index (χ0v) is 16.4. The molecule has 0 unspecified atom stereocenters. The van der Waals surface area contributed by atoms with Crippen LogP contribution in [0.2, 0.25) is 0 Å². The van der Waals surface area contributed by atoms with Gasteiger partial charge in [0.1, 0.15) is 0 Å². The third-order valence-electron chi connectivity index (χ3n) is 3.99. The van der Waals surface area contributed by atoms with Crippen molar-refractivity contribution in [1.82, 2.24) is 4.31 Å². The number of sulfonamides is 1. The average Bonchev–Trinajstić information content (AvgIpc) is 2.62. The van der Waals surface area contributed by atoms with Gasteiger partial charge in [-0.05, 0) is 36.4 Å². The van der Waals surface area contributed by atoms with Crippen molar-refractivity contribution in [3.63, 3.8) is 0 Å². The lowest BCUT2D eigenvalue weighted by atomic mass is 10.2. The van der Waals surface area contributed by atoms with Gasteiger partial charge in [0.15, 0.2) is 0 Å². The van der Waals surface area contributed by atoms with Crippen molar-refractivity contribution in [3.05, 3.63) is 48.5 Å². The van der Waals surface area contributed by atoms with Gasteiger partial charge in [0.25, 0.3) is 0 Å². The first kappa shape index (κ1) is 19.4. The number of benzene rings is 2. The van der Waals surface area contributed by atoms with Crippen molar-refractivity contribution in [2.24, 2.45) is 0 Å². The lowest BCUT2D eigenvalue weighted by Gasteiger charge is -2.23. The number of nitrogens with one attached hydrogen (secondary N) is 2.